The van der Waals surface area contributed by atoms with E-state index < -0.39 is 0 Å². The van der Waals surface area contributed by atoms with Crippen LogP contribution in [0.15, 0.2) is 0 Å². The molecule has 0 aliphatic carbocycles. The van der Waals surface area contributed by atoms with Gasteiger partial charge >= 0.3 is 0 Å². The van der Waals surface area contributed by atoms with Crippen LogP contribution in [-0.2, 0) is 6.42 Å². The molecule has 0 radical (unpaired) electrons. The van der Waals surface area contributed by atoms with Crippen LogP contribution in [-0.4, -0.2) is 4.98 Å². The summed E-state index contributed by atoms with van der Waals surface area (Å²) >= 11 is 6.13. The van der Waals surface area contributed by atoms with Crippen molar-refractivity contribution in [2.75, 3.05) is 0 Å². The lowest BCUT2D eigenvalue weighted by Crippen LogP contribution is -1.98. The highest BCUT2D eigenvalue weighted by Crippen LogP contribution is 2.24. The monoisotopic (exact) mass is 183 g/mol. The van der Waals surface area contributed by atoms with E-state index in [1.807, 2.05) is 20.8 Å². The van der Waals surface area contributed by atoms with Crippen molar-refractivity contribution >= 4 is 11.6 Å². The van der Waals surface area contributed by atoms with Crippen LogP contribution in [0.5, 0.6) is 0 Å². The second kappa shape index (κ2) is 3.44. The Balaban J connectivity index is 3.39. The van der Waals surface area contributed by atoms with E-state index in [0.717, 1.165) is 34.0 Å². The smallest absolute Gasteiger partial charge is 0.0500 e. The molecule has 0 bridgehead atoms. The zero-order chi connectivity index (χ0) is 9.30. The molecule has 1 nitrogen and oxygen atoms in total. The zero-order valence-electron chi connectivity index (χ0n) is 8.03. The van der Waals surface area contributed by atoms with Crippen LogP contribution in [0.2, 0.25) is 5.02 Å². The van der Waals surface area contributed by atoms with Gasteiger partial charge in [-0.1, -0.05) is 18.5 Å². The summed E-state index contributed by atoms with van der Waals surface area (Å²) in [5, 5.41) is 0.874. The first-order valence-corrected chi connectivity index (χ1v) is 4.57. The summed E-state index contributed by atoms with van der Waals surface area (Å²) in [6, 6.07) is 0. The molecule has 0 spiro atoms. The van der Waals surface area contributed by atoms with Gasteiger partial charge < -0.3 is 0 Å². The molecular formula is C10H14ClN. The predicted molar refractivity (Wildman–Crippen MR) is 52.8 cm³/mol. The summed E-state index contributed by atoms with van der Waals surface area (Å²) in [5.41, 5.74) is 4.39. The van der Waals surface area contributed by atoms with Crippen molar-refractivity contribution < 1.29 is 0 Å². The van der Waals surface area contributed by atoms with Gasteiger partial charge in [-0.15, -0.1) is 0 Å². The third-order valence-electron chi connectivity index (χ3n) is 2.27. The van der Waals surface area contributed by atoms with Gasteiger partial charge in [0.05, 0.1) is 5.02 Å². The number of hydrogen-bond donors (Lipinski definition) is 0. The standard InChI is InChI=1S/C10H14ClN/c1-5-9-7(3)10(11)6(2)8(4)12-9/h5H2,1-4H3. The molecule has 1 rings (SSSR count). The molecule has 0 aliphatic heterocycles. The number of pyridine rings is 1. The Bertz CT molecular complexity index is 305. The van der Waals surface area contributed by atoms with E-state index in [1.54, 1.807) is 0 Å². The molecular weight excluding hydrogens is 170 g/mol. The van der Waals surface area contributed by atoms with Gasteiger partial charge in [0, 0.05) is 11.4 Å². The Kier molecular flexibility index (Phi) is 2.73. The van der Waals surface area contributed by atoms with Crippen LogP contribution in [0.3, 0.4) is 0 Å². The lowest BCUT2D eigenvalue weighted by molar-refractivity contribution is 0.969. The molecule has 0 fully saturated rings. The molecule has 0 aliphatic rings. The molecule has 1 heterocycles. The number of halogens is 1. The summed E-state index contributed by atoms with van der Waals surface area (Å²) in [4.78, 5) is 4.47. The van der Waals surface area contributed by atoms with E-state index in [-0.39, 0.29) is 0 Å². The topological polar surface area (TPSA) is 12.9 Å². The summed E-state index contributed by atoms with van der Waals surface area (Å²) in [6.45, 7) is 8.14. The maximum Gasteiger partial charge on any atom is 0.0500 e. The quantitative estimate of drug-likeness (QED) is 0.652. The Morgan fingerprint density at radius 3 is 2.25 bits per heavy atom. The Morgan fingerprint density at radius 2 is 1.75 bits per heavy atom. The van der Waals surface area contributed by atoms with Crippen LogP contribution >= 0.6 is 11.6 Å². The van der Waals surface area contributed by atoms with Crippen molar-refractivity contribution in [3.63, 3.8) is 0 Å². The van der Waals surface area contributed by atoms with Crippen molar-refractivity contribution in [2.45, 2.75) is 34.1 Å². The minimum atomic E-state index is 0.874. The molecule has 12 heavy (non-hydrogen) atoms. The van der Waals surface area contributed by atoms with Gasteiger partial charge in [-0.25, -0.2) is 0 Å². The Morgan fingerprint density at radius 1 is 1.17 bits per heavy atom. The van der Waals surface area contributed by atoms with Gasteiger partial charge in [0.1, 0.15) is 0 Å². The number of nitrogens with zero attached hydrogens (tertiary/aromatic N) is 1. The maximum atomic E-state index is 6.13. The average Bonchev–Trinajstić information content (AvgIpc) is 2.08. The Labute approximate surface area is 78.8 Å². The highest BCUT2D eigenvalue weighted by atomic mass is 35.5. The molecule has 66 valence electrons. The molecule has 0 saturated carbocycles. The van der Waals surface area contributed by atoms with E-state index in [0.29, 0.717) is 0 Å². The van der Waals surface area contributed by atoms with E-state index in [4.69, 9.17) is 11.6 Å². The molecule has 0 aromatic carbocycles. The van der Waals surface area contributed by atoms with Gasteiger partial charge in [0.15, 0.2) is 0 Å². The minimum Gasteiger partial charge on any atom is -0.258 e. The van der Waals surface area contributed by atoms with Crippen molar-refractivity contribution in [3.05, 3.63) is 27.5 Å². The molecule has 0 saturated heterocycles. The normalized spacial score (nSPS) is 10.4. The van der Waals surface area contributed by atoms with Gasteiger partial charge in [-0.2, -0.15) is 0 Å². The third kappa shape index (κ3) is 1.46. The van der Waals surface area contributed by atoms with Gasteiger partial charge in [0.2, 0.25) is 0 Å². The van der Waals surface area contributed by atoms with Gasteiger partial charge in [-0.05, 0) is 38.3 Å². The molecule has 0 unspecified atom stereocenters. The van der Waals surface area contributed by atoms with Crippen molar-refractivity contribution in [1.82, 2.24) is 4.98 Å². The molecule has 0 N–H and O–H groups in total. The lowest BCUT2D eigenvalue weighted by atomic mass is 10.1. The van der Waals surface area contributed by atoms with Crippen LogP contribution in [0.1, 0.15) is 29.4 Å². The maximum absolute atomic E-state index is 6.13. The first-order valence-electron chi connectivity index (χ1n) is 4.20. The number of rotatable bonds is 1. The predicted octanol–water partition coefficient (Wildman–Crippen LogP) is 3.22. The fourth-order valence-electron chi connectivity index (χ4n) is 1.28. The average molecular weight is 184 g/mol. The zero-order valence-corrected chi connectivity index (χ0v) is 8.79. The van der Waals surface area contributed by atoms with Crippen LogP contribution < -0.4 is 0 Å². The van der Waals surface area contributed by atoms with Gasteiger partial charge in [0.25, 0.3) is 0 Å². The molecule has 0 atom stereocenters. The van der Waals surface area contributed by atoms with E-state index >= 15 is 0 Å². The summed E-state index contributed by atoms with van der Waals surface area (Å²) in [7, 11) is 0. The minimum absolute atomic E-state index is 0.874. The van der Waals surface area contributed by atoms with Crippen molar-refractivity contribution in [2.24, 2.45) is 0 Å². The fourth-order valence-corrected chi connectivity index (χ4v) is 1.53. The second-order valence-corrected chi connectivity index (χ2v) is 3.44. The van der Waals surface area contributed by atoms with E-state index in [2.05, 4.69) is 11.9 Å². The lowest BCUT2D eigenvalue weighted by Gasteiger charge is -2.09. The second-order valence-electron chi connectivity index (χ2n) is 3.06. The van der Waals surface area contributed by atoms with Crippen LogP contribution in [0.25, 0.3) is 0 Å². The SMILES string of the molecule is CCc1nc(C)c(C)c(Cl)c1C. The highest BCUT2D eigenvalue weighted by Gasteiger charge is 2.07. The van der Waals surface area contributed by atoms with Crippen molar-refractivity contribution in [1.29, 1.82) is 0 Å². The number of aromatic nitrogens is 1. The summed E-state index contributed by atoms with van der Waals surface area (Å²) in [6.07, 6.45) is 0.951. The third-order valence-corrected chi connectivity index (χ3v) is 2.84. The first-order chi connectivity index (χ1) is 5.57. The molecule has 1 aromatic rings. The molecule has 2 heteroatoms. The van der Waals surface area contributed by atoms with Crippen molar-refractivity contribution in [3.8, 4) is 0 Å². The fraction of sp³-hybridized carbons (Fsp3) is 0.500. The molecule has 1 aromatic heterocycles. The number of aryl methyl sites for hydroxylation is 2. The number of hydrogen-bond acceptors (Lipinski definition) is 1. The van der Waals surface area contributed by atoms with E-state index in [1.165, 1.54) is 0 Å². The van der Waals surface area contributed by atoms with Crippen LogP contribution in [0, 0.1) is 20.8 Å². The van der Waals surface area contributed by atoms with E-state index in [9.17, 15) is 0 Å². The van der Waals surface area contributed by atoms with Gasteiger partial charge in [-0.3, -0.25) is 4.98 Å². The Hall–Kier alpha value is -0.560. The largest absolute Gasteiger partial charge is 0.258 e. The van der Waals surface area contributed by atoms with Crippen LogP contribution in [0.4, 0.5) is 0 Å². The summed E-state index contributed by atoms with van der Waals surface area (Å²) in [5.74, 6) is 0. The summed E-state index contributed by atoms with van der Waals surface area (Å²) < 4.78 is 0. The highest BCUT2D eigenvalue weighted by molar-refractivity contribution is 6.32. The first kappa shape index (κ1) is 9.53. The molecule has 0 amide bonds.